The molecule has 10 heteroatoms. The molecule has 1 saturated heterocycles. The molecule has 1 aromatic heterocycles. The van der Waals surface area contributed by atoms with Crippen LogP contribution in [0.4, 0.5) is 0 Å². The van der Waals surface area contributed by atoms with Gasteiger partial charge in [0.2, 0.25) is 6.41 Å². The van der Waals surface area contributed by atoms with E-state index in [1.165, 1.54) is 6.07 Å². The number of amides is 3. The molecule has 3 aromatic rings. The van der Waals surface area contributed by atoms with E-state index in [-0.39, 0.29) is 22.9 Å². The molecule has 0 saturated carbocycles. The molecular weight excluding hydrogens is 453 g/mol. The molecule has 1 atom stereocenters. The maximum absolute atomic E-state index is 12.8. The van der Waals surface area contributed by atoms with Gasteiger partial charge in [0.05, 0.1) is 27.7 Å². The zero-order chi connectivity index (χ0) is 22.8. The third-order valence-electron chi connectivity index (χ3n) is 5.43. The monoisotopic (exact) mass is 473 g/mol. The molecule has 2 heterocycles. The van der Waals surface area contributed by atoms with Crippen LogP contribution in [0.5, 0.6) is 0 Å². The summed E-state index contributed by atoms with van der Waals surface area (Å²) in [5.74, 6) is 0.0428. The van der Waals surface area contributed by atoms with Gasteiger partial charge in [-0.2, -0.15) is 0 Å². The molecule has 1 aliphatic heterocycles. The summed E-state index contributed by atoms with van der Waals surface area (Å²) in [7, 11) is 0. The first-order chi connectivity index (χ1) is 15.4. The number of carbonyl (C=O) groups excluding carboxylic acids is 3. The molecule has 2 aromatic carbocycles. The average Bonchev–Trinajstić information content (AvgIpc) is 3.22. The van der Waals surface area contributed by atoms with E-state index >= 15 is 0 Å². The number of carbonyl (C=O) groups is 3. The van der Waals surface area contributed by atoms with Crippen LogP contribution in [-0.2, 0) is 4.79 Å². The third-order valence-corrected chi connectivity index (χ3v) is 5.98. The number of hydrogen-bond acceptors (Lipinski definition) is 4. The number of piperazine rings is 1. The van der Waals surface area contributed by atoms with Gasteiger partial charge in [0.15, 0.2) is 0 Å². The fraction of sp³-hybridized carbons (Fsp3) is 0.273. The lowest BCUT2D eigenvalue weighted by Crippen LogP contribution is -2.48. The molecule has 0 spiro atoms. The Morgan fingerprint density at radius 1 is 1.12 bits per heavy atom. The van der Waals surface area contributed by atoms with Gasteiger partial charge in [-0.05, 0) is 43.3 Å². The van der Waals surface area contributed by atoms with Crippen molar-refractivity contribution < 1.29 is 14.4 Å². The number of fused-ring (bicyclic) bond motifs is 1. The summed E-state index contributed by atoms with van der Waals surface area (Å²) < 4.78 is 0. The number of aromatic nitrogens is 2. The van der Waals surface area contributed by atoms with Gasteiger partial charge >= 0.3 is 0 Å². The number of rotatable bonds is 5. The lowest BCUT2D eigenvalue weighted by atomic mass is 10.1. The van der Waals surface area contributed by atoms with Crippen molar-refractivity contribution in [2.45, 2.75) is 13.0 Å². The summed E-state index contributed by atoms with van der Waals surface area (Å²) in [5, 5.41) is 3.67. The van der Waals surface area contributed by atoms with Crippen LogP contribution in [0.25, 0.3) is 11.0 Å². The van der Waals surface area contributed by atoms with Gasteiger partial charge in [-0.25, -0.2) is 4.98 Å². The van der Waals surface area contributed by atoms with Gasteiger partial charge in [-0.3, -0.25) is 14.4 Å². The van der Waals surface area contributed by atoms with E-state index in [9.17, 15) is 14.4 Å². The van der Waals surface area contributed by atoms with E-state index in [2.05, 4.69) is 15.3 Å². The van der Waals surface area contributed by atoms with Crippen LogP contribution in [-0.4, -0.2) is 64.2 Å². The van der Waals surface area contributed by atoms with Gasteiger partial charge in [0.1, 0.15) is 5.82 Å². The van der Waals surface area contributed by atoms with Crippen LogP contribution >= 0.6 is 23.2 Å². The Bertz CT molecular complexity index is 1190. The molecule has 4 rings (SSSR count). The molecule has 1 aliphatic rings. The van der Waals surface area contributed by atoms with Crippen LogP contribution in [0.15, 0.2) is 36.4 Å². The SMILES string of the molecule is CC(NC(=O)c1ccc(C(=O)N2CCN(C=O)CC2)c(Cl)c1)c1nc2cc(Cl)ccc2[nH]1. The van der Waals surface area contributed by atoms with Crippen molar-refractivity contribution in [2.24, 2.45) is 0 Å². The minimum Gasteiger partial charge on any atom is -0.342 e. The second-order valence-electron chi connectivity index (χ2n) is 7.61. The Labute approximate surface area is 194 Å². The smallest absolute Gasteiger partial charge is 0.255 e. The predicted octanol–water partition coefficient (Wildman–Crippen LogP) is 3.27. The summed E-state index contributed by atoms with van der Waals surface area (Å²) in [6, 6.07) is 9.57. The van der Waals surface area contributed by atoms with E-state index in [0.29, 0.717) is 53.7 Å². The Morgan fingerprint density at radius 2 is 1.88 bits per heavy atom. The second kappa shape index (κ2) is 9.18. The number of hydrogen-bond donors (Lipinski definition) is 2. The summed E-state index contributed by atoms with van der Waals surface area (Å²) in [4.78, 5) is 47.3. The number of aromatic amines is 1. The van der Waals surface area contributed by atoms with Crippen LogP contribution in [0.1, 0.15) is 39.5 Å². The number of imidazole rings is 1. The summed E-state index contributed by atoms with van der Waals surface area (Å²) in [5.41, 5.74) is 2.20. The molecule has 1 fully saturated rings. The fourth-order valence-corrected chi connectivity index (χ4v) is 4.01. The highest BCUT2D eigenvalue weighted by Crippen LogP contribution is 2.22. The summed E-state index contributed by atoms with van der Waals surface area (Å²) >= 11 is 12.3. The summed E-state index contributed by atoms with van der Waals surface area (Å²) in [6.07, 6.45) is 0.781. The Hall–Kier alpha value is -3.10. The highest BCUT2D eigenvalue weighted by molar-refractivity contribution is 6.34. The molecule has 1 unspecified atom stereocenters. The Morgan fingerprint density at radius 3 is 2.56 bits per heavy atom. The lowest BCUT2D eigenvalue weighted by molar-refractivity contribution is -0.119. The normalized spacial score (nSPS) is 15.0. The van der Waals surface area contributed by atoms with Crippen molar-refractivity contribution in [3.05, 3.63) is 63.4 Å². The van der Waals surface area contributed by atoms with Gasteiger partial charge < -0.3 is 20.1 Å². The van der Waals surface area contributed by atoms with E-state index in [1.54, 1.807) is 34.1 Å². The van der Waals surface area contributed by atoms with E-state index in [0.717, 1.165) is 11.9 Å². The zero-order valence-corrected chi connectivity index (χ0v) is 18.8. The molecule has 0 aliphatic carbocycles. The Balaban J connectivity index is 1.44. The van der Waals surface area contributed by atoms with Gasteiger partial charge in [-0.15, -0.1) is 0 Å². The molecule has 0 bridgehead atoms. The van der Waals surface area contributed by atoms with Gasteiger partial charge in [-0.1, -0.05) is 23.2 Å². The maximum atomic E-state index is 12.8. The number of nitrogens with zero attached hydrogens (tertiary/aromatic N) is 3. The van der Waals surface area contributed by atoms with Gasteiger partial charge in [0, 0.05) is 36.8 Å². The number of nitrogens with one attached hydrogen (secondary N) is 2. The summed E-state index contributed by atoms with van der Waals surface area (Å²) in [6.45, 7) is 3.67. The first kappa shape index (κ1) is 22.1. The predicted molar refractivity (Wildman–Crippen MR) is 122 cm³/mol. The average molecular weight is 474 g/mol. The van der Waals surface area contributed by atoms with Crippen LogP contribution < -0.4 is 5.32 Å². The van der Waals surface area contributed by atoms with Crippen LogP contribution in [0, 0.1) is 0 Å². The fourth-order valence-electron chi connectivity index (χ4n) is 3.58. The second-order valence-corrected chi connectivity index (χ2v) is 8.45. The Kier molecular flexibility index (Phi) is 6.34. The van der Waals surface area contributed by atoms with Crippen LogP contribution in [0.2, 0.25) is 10.0 Å². The molecular formula is C22H21Cl2N5O3. The molecule has 2 N–H and O–H groups in total. The highest BCUT2D eigenvalue weighted by atomic mass is 35.5. The zero-order valence-electron chi connectivity index (χ0n) is 17.3. The minimum atomic E-state index is -0.386. The van der Waals surface area contributed by atoms with E-state index in [1.807, 2.05) is 13.0 Å². The van der Waals surface area contributed by atoms with Crippen molar-refractivity contribution in [3.8, 4) is 0 Å². The standard InChI is InChI=1S/C22H21Cl2N5O3/c1-13(20-26-18-5-3-15(23)11-19(18)27-20)25-21(31)14-2-4-16(17(24)10-14)22(32)29-8-6-28(12-30)7-9-29/h2-5,10-13H,6-9H2,1H3,(H,25,31)(H,26,27). The van der Waals surface area contributed by atoms with Crippen molar-refractivity contribution in [3.63, 3.8) is 0 Å². The lowest BCUT2D eigenvalue weighted by Gasteiger charge is -2.32. The van der Waals surface area contributed by atoms with E-state index < -0.39 is 0 Å². The highest BCUT2D eigenvalue weighted by Gasteiger charge is 2.24. The van der Waals surface area contributed by atoms with E-state index in [4.69, 9.17) is 23.2 Å². The van der Waals surface area contributed by atoms with Crippen molar-refractivity contribution >= 4 is 52.5 Å². The first-order valence-corrected chi connectivity index (χ1v) is 10.9. The number of halogens is 2. The topological polar surface area (TPSA) is 98.4 Å². The largest absolute Gasteiger partial charge is 0.342 e. The quantitative estimate of drug-likeness (QED) is 0.555. The van der Waals surface area contributed by atoms with Crippen molar-refractivity contribution in [1.82, 2.24) is 25.1 Å². The number of H-pyrrole nitrogens is 1. The molecule has 8 nitrogen and oxygen atoms in total. The van der Waals surface area contributed by atoms with Crippen LogP contribution in [0.3, 0.4) is 0 Å². The minimum absolute atomic E-state index is 0.200. The third kappa shape index (κ3) is 4.56. The van der Waals surface area contributed by atoms with Crippen molar-refractivity contribution in [1.29, 1.82) is 0 Å². The molecule has 0 radical (unpaired) electrons. The molecule has 3 amide bonds. The molecule has 166 valence electrons. The van der Waals surface area contributed by atoms with Crippen molar-refractivity contribution in [2.75, 3.05) is 26.2 Å². The maximum Gasteiger partial charge on any atom is 0.255 e. The van der Waals surface area contributed by atoms with Gasteiger partial charge in [0.25, 0.3) is 11.8 Å². The first-order valence-electron chi connectivity index (χ1n) is 10.1. The number of benzene rings is 2. The molecule has 32 heavy (non-hydrogen) atoms.